The van der Waals surface area contributed by atoms with E-state index in [4.69, 9.17) is 4.52 Å². The van der Waals surface area contributed by atoms with E-state index in [0.717, 1.165) is 29.1 Å². The Hall–Kier alpha value is -3.09. The van der Waals surface area contributed by atoms with E-state index >= 15 is 0 Å². The number of pyridine rings is 1. The molecule has 7 heteroatoms. The molecular formula is C18H19N5O2. The standard InChI is InChI=1S/C18H19N5O2/c1-3-13-10-17(25-23-13)18(24)20-9-7-16-14(11-21-12(2)22-16)15-6-4-5-8-19-15/h4-6,8,10-11H,3,7,9H2,1-2H3,(H,20,24). The lowest BCUT2D eigenvalue weighted by atomic mass is 10.1. The van der Waals surface area contributed by atoms with Crippen LogP contribution in [0.4, 0.5) is 0 Å². The van der Waals surface area contributed by atoms with Crippen molar-refractivity contribution < 1.29 is 9.32 Å². The fraction of sp³-hybridized carbons (Fsp3) is 0.278. The summed E-state index contributed by atoms with van der Waals surface area (Å²) in [6.07, 6.45) is 4.79. The largest absolute Gasteiger partial charge is 0.351 e. The molecule has 0 aromatic carbocycles. The first-order chi connectivity index (χ1) is 12.2. The van der Waals surface area contributed by atoms with Crippen molar-refractivity contribution in [1.29, 1.82) is 0 Å². The van der Waals surface area contributed by atoms with Crippen molar-refractivity contribution in [1.82, 2.24) is 25.4 Å². The maximum Gasteiger partial charge on any atom is 0.289 e. The Balaban J connectivity index is 1.68. The molecule has 25 heavy (non-hydrogen) atoms. The molecule has 128 valence electrons. The van der Waals surface area contributed by atoms with Crippen LogP contribution in [0.5, 0.6) is 0 Å². The molecule has 0 saturated heterocycles. The summed E-state index contributed by atoms with van der Waals surface area (Å²) in [5.41, 5.74) is 3.28. The first kappa shape index (κ1) is 16.8. The third-order valence-electron chi connectivity index (χ3n) is 3.72. The summed E-state index contributed by atoms with van der Waals surface area (Å²) >= 11 is 0. The number of nitrogens with one attached hydrogen (secondary N) is 1. The zero-order valence-corrected chi connectivity index (χ0v) is 14.2. The molecule has 0 atom stereocenters. The Labute approximate surface area is 145 Å². The van der Waals surface area contributed by atoms with Crippen molar-refractivity contribution in [3.8, 4) is 11.3 Å². The number of rotatable bonds is 6. The molecule has 0 fully saturated rings. The zero-order valence-electron chi connectivity index (χ0n) is 14.2. The van der Waals surface area contributed by atoms with Gasteiger partial charge in [0.15, 0.2) is 0 Å². The molecule has 7 nitrogen and oxygen atoms in total. The number of aromatic nitrogens is 4. The van der Waals surface area contributed by atoms with E-state index in [0.29, 0.717) is 18.8 Å². The SMILES string of the molecule is CCc1cc(C(=O)NCCc2nc(C)ncc2-c2ccccn2)on1. The second-order valence-electron chi connectivity index (χ2n) is 5.53. The highest BCUT2D eigenvalue weighted by atomic mass is 16.5. The summed E-state index contributed by atoms with van der Waals surface area (Å²) < 4.78 is 5.03. The minimum absolute atomic E-state index is 0.223. The second kappa shape index (κ2) is 7.65. The van der Waals surface area contributed by atoms with Crippen molar-refractivity contribution in [2.24, 2.45) is 0 Å². The van der Waals surface area contributed by atoms with Crippen LogP contribution in [0.15, 0.2) is 41.2 Å². The minimum atomic E-state index is -0.280. The molecule has 0 radical (unpaired) electrons. The van der Waals surface area contributed by atoms with Gasteiger partial charge in [0.2, 0.25) is 5.76 Å². The third-order valence-corrected chi connectivity index (χ3v) is 3.72. The molecule has 0 bridgehead atoms. The quantitative estimate of drug-likeness (QED) is 0.742. The zero-order chi connectivity index (χ0) is 17.6. The van der Waals surface area contributed by atoms with Gasteiger partial charge in [0, 0.05) is 37.0 Å². The van der Waals surface area contributed by atoms with Crippen LogP contribution in [0.3, 0.4) is 0 Å². The van der Waals surface area contributed by atoms with Crippen LogP contribution in [-0.4, -0.2) is 32.6 Å². The van der Waals surface area contributed by atoms with Crippen LogP contribution in [0.2, 0.25) is 0 Å². The van der Waals surface area contributed by atoms with Crippen LogP contribution < -0.4 is 5.32 Å². The van der Waals surface area contributed by atoms with E-state index in [-0.39, 0.29) is 11.7 Å². The van der Waals surface area contributed by atoms with Gasteiger partial charge in [-0.25, -0.2) is 9.97 Å². The highest BCUT2D eigenvalue weighted by Crippen LogP contribution is 2.19. The Morgan fingerprint density at radius 2 is 2.16 bits per heavy atom. The number of carbonyl (C=O) groups excluding carboxylic acids is 1. The second-order valence-corrected chi connectivity index (χ2v) is 5.53. The van der Waals surface area contributed by atoms with Crippen molar-refractivity contribution >= 4 is 5.91 Å². The predicted octanol–water partition coefficient (Wildman–Crippen LogP) is 2.37. The van der Waals surface area contributed by atoms with Crippen molar-refractivity contribution in [2.75, 3.05) is 6.54 Å². The fourth-order valence-electron chi connectivity index (χ4n) is 2.41. The molecule has 3 aromatic rings. The first-order valence-electron chi connectivity index (χ1n) is 8.15. The molecule has 0 aliphatic rings. The average Bonchev–Trinajstić information content (AvgIpc) is 3.12. The molecule has 0 spiro atoms. The summed E-state index contributed by atoms with van der Waals surface area (Å²) in [4.78, 5) is 25.2. The van der Waals surface area contributed by atoms with Crippen LogP contribution in [-0.2, 0) is 12.8 Å². The van der Waals surface area contributed by atoms with Crippen LogP contribution in [0, 0.1) is 6.92 Å². The number of hydrogen-bond acceptors (Lipinski definition) is 6. The molecule has 0 aliphatic carbocycles. The van der Waals surface area contributed by atoms with Crippen LogP contribution >= 0.6 is 0 Å². The van der Waals surface area contributed by atoms with Gasteiger partial charge in [-0.1, -0.05) is 18.1 Å². The molecule has 1 N–H and O–H groups in total. The van der Waals surface area contributed by atoms with Gasteiger partial charge in [0.25, 0.3) is 5.91 Å². The maximum absolute atomic E-state index is 12.1. The lowest BCUT2D eigenvalue weighted by molar-refractivity contribution is 0.0917. The smallest absolute Gasteiger partial charge is 0.289 e. The fourth-order valence-corrected chi connectivity index (χ4v) is 2.41. The van der Waals surface area contributed by atoms with Crippen molar-refractivity contribution in [2.45, 2.75) is 26.7 Å². The van der Waals surface area contributed by atoms with Crippen molar-refractivity contribution in [3.63, 3.8) is 0 Å². The first-order valence-corrected chi connectivity index (χ1v) is 8.15. The van der Waals surface area contributed by atoms with Crippen molar-refractivity contribution in [3.05, 3.63) is 59.6 Å². The van der Waals surface area contributed by atoms with E-state index in [9.17, 15) is 4.79 Å². The number of hydrogen-bond donors (Lipinski definition) is 1. The maximum atomic E-state index is 12.1. The summed E-state index contributed by atoms with van der Waals surface area (Å²) in [5, 5.41) is 6.65. The van der Waals surface area contributed by atoms with Gasteiger partial charge in [-0.3, -0.25) is 9.78 Å². The molecule has 3 heterocycles. The van der Waals surface area contributed by atoms with Gasteiger partial charge in [-0.15, -0.1) is 0 Å². The van der Waals surface area contributed by atoms with Gasteiger partial charge >= 0.3 is 0 Å². The summed E-state index contributed by atoms with van der Waals surface area (Å²) in [6, 6.07) is 7.35. The van der Waals surface area contributed by atoms with Gasteiger partial charge in [-0.05, 0) is 25.5 Å². The van der Waals surface area contributed by atoms with E-state index in [2.05, 4.69) is 25.4 Å². The summed E-state index contributed by atoms with van der Waals surface area (Å²) in [7, 11) is 0. The number of aryl methyl sites for hydroxylation is 2. The topological polar surface area (TPSA) is 93.8 Å². The Bertz CT molecular complexity index is 861. The lowest BCUT2D eigenvalue weighted by Gasteiger charge is -2.09. The normalized spacial score (nSPS) is 10.6. The number of nitrogens with zero attached hydrogens (tertiary/aromatic N) is 4. The average molecular weight is 337 g/mol. The number of amides is 1. The number of carbonyl (C=O) groups is 1. The molecule has 3 aromatic heterocycles. The van der Waals surface area contributed by atoms with Gasteiger partial charge < -0.3 is 9.84 Å². The molecule has 0 aliphatic heterocycles. The van der Waals surface area contributed by atoms with Gasteiger partial charge in [0.1, 0.15) is 5.82 Å². The summed E-state index contributed by atoms with van der Waals surface area (Å²) in [5.74, 6) is 0.627. The lowest BCUT2D eigenvalue weighted by Crippen LogP contribution is -2.25. The van der Waals surface area contributed by atoms with E-state index in [1.807, 2.05) is 32.0 Å². The van der Waals surface area contributed by atoms with E-state index in [1.165, 1.54) is 0 Å². The Kier molecular flexibility index (Phi) is 5.13. The molecule has 3 rings (SSSR count). The monoisotopic (exact) mass is 337 g/mol. The summed E-state index contributed by atoms with van der Waals surface area (Å²) in [6.45, 7) is 4.22. The molecule has 0 unspecified atom stereocenters. The van der Waals surface area contributed by atoms with Crippen LogP contribution in [0.1, 0.15) is 34.7 Å². The van der Waals surface area contributed by atoms with Crippen LogP contribution in [0.25, 0.3) is 11.3 Å². The Morgan fingerprint density at radius 3 is 2.88 bits per heavy atom. The van der Waals surface area contributed by atoms with Gasteiger partial charge in [0.05, 0.1) is 17.1 Å². The Morgan fingerprint density at radius 1 is 1.28 bits per heavy atom. The predicted molar refractivity (Wildman–Crippen MR) is 91.9 cm³/mol. The van der Waals surface area contributed by atoms with E-state index < -0.39 is 0 Å². The molecular weight excluding hydrogens is 318 g/mol. The minimum Gasteiger partial charge on any atom is -0.351 e. The highest BCUT2D eigenvalue weighted by molar-refractivity contribution is 5.91. The third kappa shape index (κ3) is 4.06. The molecule has 1 amide bonds. The van der Waals surface area contributed by atoms with Gasteiger partial charge in [-0.2, -0.15) is 0 Å². The highest BCUT2D eigenvalue weighted by Gasteiger charge is 2.13. The molecule has 0 saturated carbocycles. The van der Waals surface area contributed by atoms with E-state index in [1.54, 1.807) is 18.5 Å².